The average Bonchev–Trinajstić information content (AvgIpc) is 2.30. The van der Waals surface area contributed by atoms with Gasteiger partial charge >= 0.3 is 0 Å². The molecule has 1 aromatic carbocycles. The molecule has 1 atom stereocenters. The minimum Gasteiger partial charge on any atom is -0.264 e. The van der Waals surface area contributed by atoms with Crippen molar-refractivity contribution in [3.63, 3.8) is 0 Å². The fraction of sp³-hybridized carbons (Fsp3) is 0.0833. The molecule has 0 radical (unpaired) electrons. The minimum atomic E-state index is -0.278. The minimum absolute atomic E-state index is 0. The third-order valence-electron chi connectivity index (χ3n) is 2.14. The summed E-state index contributed by atoms with van der Waals surface area (Å²) in [6.45, 7) is 0. The van der Waals surface area contributed by atoms with Crippen LogP contribution in [0.1, 0.15) is 16.5 Å². The van der Waals surface area contributed by atoms with Crippen LogP contribution >= 0.6 is 24.0 Å². The number of alkyl halides is 1. The first kappa shape index (κ1) is 12.9. The van der Waals surface area contributed by atoms with Crippen molar-refractivity contribution in [1.82, 2.24) is 4.98 Å². The number of nitrogens with zero attached hydrogens (tertiary/aromatic N) is 1. The molecule has 0 amide bonds. The maximum Gasteiger partial charge on any atom is 0.123 e. The van der Waals surface area contributed by atoms with Crippen molar-refractivity contribution in [1.29, 1.82) is 0 Å². The second-order valence-electron chi connectivity index (χ2n) is 3.20. The summed E-state index contributed by atoms with van der Waals surface area (Å²) in [4.78, 5) is 3.99. The van der Waals surface area contributed by atoms with Gasteiger partial charge in [-0.1, -0.05) is 18.2 Å². The van der Waals surface area contributed by atoms with Crippen LogP contribution in [0.5, 0.6) is 0 Å². The number of rotatable bonds is 2. The fourth-order valence-electron chi connectivity index (χ4n) is 1.35. The average molecular weight is 258 g/mol. The predicted molar refractivity (Wildman–Crippen MR) is 65.6 cm³/mol. The molecule has 1 heterocycles. The van der Waals surface area contributed by atoms with Crippen LogP contribution in [0, 0.1) is 5.82 Å². The molecule has 2 aromatic rings. The molecule has 1 aromatic heterocycles. The lowest BCUT2D eigenvalue weighted by atomic mass is 10.1. The summed E-state index contributed by atoms with van der Waals surface area (Å²) in [5.41, 5.74) is 1.77. The van der Waals surface area contributed by atoms with E-state index in [1.165, 1.54) is 12.1 Å². The van der Waals surface area contributed by atoms with Gasteiger partial charge < -0.3 is 0 Å². The van der Waals surface area contributed by atoms with Gasteiger partial charge in [-0.2, -0.15) is 0 Å². The van der Waals surface area contributed by atoms with E-state index < -0.39 is 0 Å². The lowest BCUT2D eigenvalue weighted by molar-refractivity contribution is 0.627. The SMILES string of the molecule is Cl.Fc1ccc(C(Cl)c2cccnc2)cc1. The van der Waals surface area contributed by atoms with Crippen molar-refractivity contribution in [2.24, 2.45) is 0 Å². The van der Waals surface area contributed by atoms with E-state index in [4.69, 9.17) is 11.6 Å². The van der Waals surface area contributed by atoms with Crippen molar-refractivity contribution in [3.05, 3.63) is 65.7 Å². The zero-order valence-electron chi connectivity index (χ0n) is 8.31. The molecule has 1 unspecified atom stereocenters. The van der Waals surface area contributed by atoms with Crippen molar-refractivity contribution in [2.45, 2.75) is 5.38 Å². The molecule has 0 aliphatic heterocycles. The van der Waals surface area contributed by atoms with Gasteiger partial charge in [0, 0.05) is 12.4 Å². The third-order valence-corrected chi connectivity index (χ3v) is 2.64. The Morgan fingerprint density at radius 1 is 1.06 bits per heavy atom. The fourth-order valence-corrected chi connectivity index (χ4v) is 1.62. The van der Waals surface area contributed by atoms with E-state index >= 15 is 0 Å². The van der Waals surface area contributed by atoms with E-state index in [0.29, 0.717) is 0 Å². The Hall–Kier alpha value is -1.12. The van der Waals surface area contributed by atoms with Gasteiger partial charge in [-0.15, -0.1) is 24.0 Å². The summed E-state index contributed by atoms with van der Waals surface area (Å²) in [5.74, 6) is -0.256. The highest BCUT2D eigenvalue weighted by atomic mass is 35.5. The maximum atomic E-state index is 12.7. The number of hydrogen-bond acceptors (Lipinski definition) is 1. The predicted octanol–water partition coefficient (Wildman–Crippen LogP) is 3.97. The zero-order chi connectivity index (χ0) is 10.7. The number of aromatic nitrogens is 1. The first-order chi connectivity index (χ1) is 7.27. The van der Waals surface area contributed by atoms with Crippen molar-refractivity contribution < 1.29 is 4.39 Å². The monoisotopic (exact) mass is 257 g/mol. The second kappa shape index (κ2) is 5.83. The molecular weight excluding hydrogens is 248 g/mol. The quantitative estimate of drug-likeness (QED) is 0.742. The van der Waals surface area contributed by atoms with Crippen LogP contribution < -0.4 is 0 Å². The lowest BCUT2D eigenvalue weighted by Gasteiger charge is -2.09. The smallest absolute Gasteiger partial charge is 0.123 e. The molecule has 4 heteroatoms. The van der Waals surface area contributed by atoms with Crippen LogP contribution in [0.4, 0.5) is 4.39 Å². The summed E-state index contributed by atoms with van der Waals surface area (Å²) in [7, 11) is 0. The summed E-state index contributed by atoms with van der Waals surface area (Å²) < 4.78 is 12.7. The Morgan fingerprint density at radius 3 is 2.31 bits per heavy atom. The summed E-state index contributed by atoms with van der Waals surface area (Å²) in [6.07, 6.45) is 3.40. The normalized spacial score (nSPS) is 11.6. The highest BCUT2D eigenvalue weighted by Crippen LogP contribution is 2.27. The molecule has 16 heavy (non-hydrogen) atoms. The van der Waals surface area contributed by atoms with E-state index in [9.17, 15) is 4.39 Å². The largest absolute Gasteiger partial charge is 0.264 e. The Kier molecular flexibility index (Phi) is 4.71. The molecule has 2 rings (SSSR count). The zero-order valence-corrected chi connectivity index (χ0v) is 9.88. The highest BCUT2D eigenvalue weighted by molar-refractivity contribution is 6.22. The Balaban J connectivity index is 0.00000128. The van der Waals surface area contributed by atoms with Crippen LogP contribution in [-0.4, -0.2) is 4.98 Å². The number of benzene rings is 1. The molecule has 0 spiro atoms. The summed E-state index contributed by atoms with van der Waals surface area (Å²) in [6, 6.07) is 9.89. The first-order valence-corrected chi connectivity index (χ1v) is 5.00. The number of halogens is 3. The highest BCUT2D eigenvalue weighted by Gasteiger charge is 2.10. The molecule has 0 fully saturated rings. The van der Waals surface area contributed by atoms with E-state index in [-0.39, 0.29) is 23.6 Å². The molecule has 1 nitrogen and oxygen atoms in total. The second-order valence-corrected chi connectivity index (χ2v) is 3.64. The molecule has 0 bridgehead atoms. The van der Waals surface area contributed by atoms with Gasteiger partial charge in [-0.05, 0) is 29.3 Å². The third kappa shape index (κ3) is 2.94. The van der Waals surface area contributed by atoms with Gasteiger partial charge in [0.05, 0.1) is 5.38 Å². The standard InChI is InChI=1S/C12H9ClFN.ClH/c13-12(10-2-1-7-15-8-10)9-3-5-11(14)6-4-9;/h1-8,12H;1H. The first-order valence-electron chi connectivity index (χ1n) is 4.57. The molecule has 0 saturated heterocycles. The Morgan fingerprint density at radius 2 is 1.75 bits per heavy atom. The lowest BCUT2D eigenvalue weighted by Crippen LogP contribution is -1.93. The van der Waals surface area contributed by atoms with Crippen LogP contribution in [0.3, 0.4) is 0 Å². The topological polar surface area (TPSA) is 12.9 Å². The summed E-state index contributed by atoms with van der Waals surface area (Å²) >= 11 is 6.22. The van der Waals surface area contributed by atoms with E-state index in [1.807, 2.05) is 12.1 Å². The van der Waals surface area contributed by atoms with Crippen molar-refractivity contribution in [2.75, 3.05) is 0 Å². The van der Waals surface area contributed by atoms with Gasteiger partial charge in [-0.3, -0.25) is 4.98 Å². The number of pyridine rings is 1. The van der Waals surface area contributed by atoms with E-state index in [1.54, 1.807) is 24.5 Å². The molecule has 0 saturated carbocycles. The van der Waals surface area contributed by atoms with Crippen molar-refractivity contribution in [3.8, 4) is 0 Å². The van der Waals surface area contributed by atoms with Gasteiger partial charge in [0.1, 0.15) is 5.82 Å². The molecule has 0 N–H and O–H groups in total. The molecule has 84 valence electrons. The van der Waals surface area contributed by atoms with Gasteiger partial charge in [-0.25, -0.2) is 4.39 Å². The number of hydrogen-bond donors (Lipinski definition) is 0. The van der Waals surface area contributed by atoms with Crippen LogP contribution in [0.15, 0.2) is 48.8 Å². The van der Waals surface area contributed by atoms with Crippen LogP contribution in [0.25, 0.3) is 0 Å². The Labute approximate surface area is 105 Å². The van der Waals surface area contributed by atoms with Crippen LogP contribution in [-0.2, 0) is 0 Å². The molecular formula is C12H10Cl2FN. The van der Waals surface area contributed by atoms with E-state index in [0.717, 1.165) is 11.1 Å². The van der Waals surface area contributed by atoms with Crippen molar-refractivity contribution >= 4 is 24.0 Å². The van der Waals surface area contributed by atoms with E-state index in [2.05, 4.69) is 4.98 Å². The van der Waals surface area contributed by atoms with Gasteiger partial charge in [0.15, 0.2) is 0 Å². The van der Waals surface area contributed by atoms with Crippen LogP contribution in [0.2, 0.25) is 0 Å². The van der Waals surface area contributed by atoms with Gasteiger partial charge in [0.25, 0.3) is 0 Å². The summed E-state index contributed by atoms with van der Waals surface area (Å²) in [5, 5.41) is -0.278. The molecule has 0 aliphatic rings. The maximum absolute atomic E-state index is 12.7. The Bertz CT molecular complexity index is 431. The van der Waals surface area contributed by atoms with Gasteiger partial charge in [0.2, 0.25) is 0 Å². The molecule has 0 aliphatic carbocycles.